The molecule has 0 aliphatic heterocycles. The van der Waals surface area contributed by atoms with Crippen LogP contribution >= 0.6 is 0 Å². The van der Waals surface area contributed by atoms with Gasteiger partial charge in [-0.25, -0.2) is 9.48 Å². The van der Waals surface area contributed by atoms with Crippen LogP contribution in [0.25, 0.3) is 0 Å². The van der Waals surface area contributed by atoms with Crippen molar-refractivity contribution < 1.29 is 9.59 Å². The summed E-state index contributed by atoms with van der Waals surface area (Å²) in [7, 11) is 0. The van der Waals surface area contributed by atoms with Crippen LogP contribution in [0.2, 0.25) is 0 Å². The fourth-order valence-electron chi connectivity index (χ4n) is 1.49. The Bertz CT molecular complexity index is 431. The number of nitrogens with one attached hydrogen (secondary N) is 3. The number of imide groups is 1. The van der Waals surface area contributed by atoms with Crippen molar-refractivity contribution in [2.75, 3.05) is 13.1 Å². The van der Waals surface area contributed by atoms with E-state index in [9.17, 15) is 9.59 Å². The highest BCUT2D eigenvalue weighted by Crippen LogP contribution is 1.92. The molecule has 112 valence electrons. The molecule has 0 radical (unpaired) electrons. The monoisotopic (exact) mass is 282 g/mol. The van der Waals surface area contributed by atoms with Crippen molar-refractivity contribution in [1.29, 1.82) is 0 Å². The first-order valence-corrected chi connectivity index (χ1v) is 6.83. The van der Waals surface area contributed by atoms with Crippen LogP contribution in [0.3, 0.4) is 0 Å². The van der Waals surface area contributed by atoms with Crippen LogP contribution in [0.5, 0.6) is 0 Å². The highest BCUT2D eigenvalue weighted by atomic mass is 16.2. The number of carbonyl (C=O) groups is 2. The van der Waals surface area contributed by atoms with Crippen LogP contribution in [0.1, 0.15) is 32.4 Å². The van der Waals surface area contributed by atoms with E-state index in [0.717, 1.165) is 25.1 Å². The van der Waals surface area contributed by atoms with Gasteiger partial charge in [-0.05, 0) is 13.0 Å². The molecule has 0 unspecified atom stereocenters. The SMILES string of the molecule is CCCCNC(=O)NC(=O)Cn1cc(CNCC)nn1. The first-order chi connectivity index (χ1) is 9.65. The zero-order valence-electron chi connectivity index (χ0n) is 12.0. The topological polar surface area (TPSA) is 101 Å². The average Bonchev–Trinajstić information content (AvgIpc) is 2.84. The molecule has 8 nitrogen and oxygen atoms in total. The van der Waals surface area contributed by atoms with E-state index >= 15 is 0 Å². The van der Waals surface area contributed by atoms with Gasteiger partial charge < -0.3 is 10.6 Å². The van der Waals surface area contributed by atoms with E-state index in [1.54, 1.807) is 6.20 Å². The van der Waals surface area contributed by atoms with Crippen molar-refractivity contribution in [3.05, 3.63) is 11.9 Å². The van der Waals surface area contributed by atoms with Gasteiger partial charge in [0.1, 0.15) is 6.54 Å². The van der Waals surface area contributed by atoms with Crippen molar-refractivity contribution in [3.63, 3.8) is 0 Å². The number of hydrogen-bond acceptors (Lipinski definition) is 5. The number of amides is 3. The molecule has 1 aromatic heterocycles. The Morgan fingerprint density at radius 1 is 1.35 bits per heavy atom. The number of unbranched alkanes of at least 4 members (excludes halogenated alkanes) is 1. The van der Waals surface area contributed by atoms with Gasteiger partial charge in [0.15, 0.2) is 0 Å². The standard InChI is InChI=1S/C12H22N6O2/c1-3-5-6-14-12(20)15-11(19)9-18-8-10(16-17-18)7-13-4-2/h8,13H,3-7,9H2,1-2H3,(H2,14,15,19,20). The Labute approximate surface area is 118 Å². The van der Waals surface area contributed by atoms with Crippen LogP contribution in [0.15, 0.2) is 6.20 Å². The molecule has 20 heavy (non-hydrogen) atoms. The Morgan fingerprint density at radius 3 is 2.85 bits per heavy atom. The third kappa shape index (κ3) is 6.28. The lowest BCUT2D eigenvalue weighted by Gasteiger charge is -2.05. The zero-order chi connectivity index (χ0) is 14.8. The number of nitrogens with zero attached hydrogens (tertiary/aromatic N) is 3. The van der Waals surface area contributed by atoms with E-state index in [1.165, 1.54) is 4.68 Å². The Morgan fingerprint density at radius 2 is 2.15 bits per heavy atom. The Kier molecular flexibility index (Phi) is 7.26. The van der Waals surface area contributed by atoms with E-state index in [2.05, 4.69) is 26.3 Å². The van der Waals surface area contributed by atoms with Crippen LogP contribution < -0.4 is 16.0 Å². The van der Waals surface area contributed by atoms with Gasteiger partial charge in [-0.15, -0.1) is 5.10 Å². The smallest absolute Gasteiger partial charge is 0.321 e. The number of aromatic nitrogens is 3. The van der Waals surface area contributed by atoms with Crippen molar-refractivity contribution >= 4 is 11.9 Å². The summed E-state index contributed by atoms with van der Waals surface area (Å²) >= 11 is 0. The molecule has 0 bridgehead atoms. The molecule has 1 heterocycles. The van der Waals surface area contributed by atoms with E-state index < -0.39 is 11.9 Å². The molecule has 3 amide bonds. The van der Waals surface area contributed by atoms with Gasteiger partial charge in [-0.3, -0.25) is 10.1 Å². The van der Waals surface area contributed by atoms with Crippen molar-refractivity contribution in [3.8, 4) is 0 Å². The van der Waals surface area contributed by atoms with Crippen LogP contribution in [-0.4, -0.2) is 40.0 Å². The van der Waals surface area contributed by atoms with Gasteiger partial charge in [0.25, 0.3) is 0 Å². The van der Waals surface area contributed by atoms with E-state index in [0.29, 0.717) is 13.1 Å². The summed E-state index contributed by atoms with van der Waals surface area (Å²) in [6.45, 7) is 6.00. The van der Waals surface area contributed by atoms with E-state index in [4.69, 9.17) is 0 Å². The molecule has 8 heteroatoms. The Balaban J connectivity index is 2.30. The lowest BCUT2D eigenvalue weighted by molar-refractivity contribution is -0.120. The summed E-state index contributed by atoms with van der Waals surface area (Å²) in [5, 5.41) is 15.7. The highest BCUT2D eigenvalue weighted by molar-refractivity contribution is 5.94. The van der Waals surface area contributed by atoms with Crippen LogP contribution in [0.4, 0.5) is 4.79 Å². The molecule has 0 fully saturated rings. The van der Waals surface area contributed by atoms with Gasteiger partial charge in [0, 0.05) is 13.1 Å². The summed E-state index contributed by atoms with van der Waals surface area (Å²) in [4.78, 5) is 23.0. The predicted molar refractivity (Wildman–Crippen MR) is 73.9 cm³/mol. The second kappa shape index (κ2) is 9.03. The molecule has 0 saturated carbocycles. The minimum atomic E-state index is -0.476. The van der Waals surface area contributed by atoms with Gasteiger partial charge in [-0.2, -0.15) is 0 Å². The largest absolute Gasteiger partial charge is 0.338 e. The van der Waals surface area contributed by atoms with Crippen molar-refractivity contribution in [2.45, 2.75) is 39.8 Å². The maximum absolute atomic E-state index is 11.6. The molecule has 0 spiro atoms. The number of carbonyl (C=O) groups excluding carboxylic acids is 2. The lowest BCUT2D eigenvalue weighted by Crippen LogP contribution is -2.41. The third-order valence-corrected chi connectivity index (χ3v) is 2.52. The second-order valence-corrected chi connectivity index (χ2v) is 4.35. The zero-order valence-corrected chi connectivity index (χ0v) is 12.0. The van der Waals surface area contributed by atoms with Gasteiger partial charge in [0.2, 0.25) is 5.91 Å². The highest BCUT2D eigenvalue weighted by Gasteiger charge is 2.09. The molecule has 1 aromatic rings. The van der Waals surface area contributed by atoms with E-state index in [1.807, 2.05) is 13.8 Å². The molecule has 0 saturated heterocycles. The first kappa shape index (κ1) is 16.1. The molecule has 1 rings (SSSR count). The van der Waals surface area contributed by atoms with Crippen molar-refractivity contribution in [2.24, 2.45) is 0 Å². The van der Waals surface area contributed by atoms with Gasteiger partial charge >= 0.3 is 6.03 Å². The number of hydrogen-bond donors (Lipinski definition) is 3. The average molecular weight is 282 g/mol. The Hall–Kier alpha value is -1.96. The lowest BCUT2D eigenvalue weighted by atomic mass is 10.3. The van der Waals surface area contributed by atoms with Gasteiger partial charge in [0.05, 0.1) is 11.9 Å². The second-order valence-electron chi connectivity index (χ2n) is 4.35. The van der Waals surface area contributed by atoms with Crippen LogP contribution in [-0.2, 0) is 17.9 Å². The molecular formula is C12H22N6O2. The summed E-state index contributed by atoms with van der Waals surface area (Å²) in [6, 6.07) is -0.476. The van der Waals surface area contributed by atoms with Crippen LogP contribution in [0, 0.1) is 0 Å². The fourth-order valence-corrected chi connectivity index (χ4v) is 1.49. The molecule has 0 aliphatic carbocycles. The minimum absolute atomic E-state index is 0.0275. The fraction of sp³-hybridized carbons (Fsp3) is 0.667. The molecule has 3 N–H and O–H groups in total. The van der Waals surface area contributed by atoms with Crippen molar-refractivity contribution in [1.82, 2.24) is 30.9 Å². The third-order valence-electron chi connectivity index (χ3n) is 2.52. The molecule has 0 atom stereocenters. The molecule has 0 aliphatic rings. The maximum atomic E-state index is 11.6. The summed E-state index contributed by atoms with van der Waals surface area (Å²) < 4.78 is 1.40. The summed E-state index contributed by atoms with van der Waals surface area (Å²) in [6.07, 6.45) is 3.55. The quantitative estimate of drug-likeness (QED) is 0.583. The first-order valence-electron chi connectivity index (χ1n) is 6.83. The summed E-state index contributed by atoms with van der Waals surface area (Å²) in [5.41, 5.74) is 0.757. The minimum Gasteiger partial charge on any atom is -0.338 e. The van der Waals surface area contributed by atoms with Gasteiger partial charge in [-0.1, -0.05) is 25.5 Å². The number of rotatable bonds is 8. The predicted octanol–water partition coefficient (Wildman–Crippen LogP) is 0.0135. The summed E-state index contributed by atoms with van der Waals surface area (Å²) in [5.74, 6) is -0.418. The normalized spacial score (nSPS) is 10.3. The number of urea groups is 1. The maximum Gasteiger partial charge on any atom is 0.321 e. The van der Waals surface area contributed by atoms with E-state index in [-0.39, 0.29) is 6.54 Å². The molecular weight excluding hydrogens is 260 g/mol. The molecule has 0 aromatic carbocycles.